The van der Waals surface area contributed by atoms with Gasteiger partial charge in [0, 0.05) is 7.05 Å². The van der Waals surface area contributed by atoms with Gasteiger partial charge in [-0.05, 0) is 28.6 Å². The Labute approximate surface area is 99.8 Å². The smallest absolute Gasteiger partial charge is 0.368 e. The zero-order valence-corrected chi connectivity index (χ0v) is 9.42. The Balaban J connectivity index is 2.66. The number of nitrogens with zero attached hydrogens (tertiary/aromatic N) is 4. The monoisotopic (exact) mass is 254 g/mol. The maximum absolute atomic E-state index is 11.6. The molecule has 0 saturated heterocycles. The van der Waals surface area contributed by atoms with Gasteiger partial charge in [0.25, 0.3) is 0 Å². The molecule has 0 aliphatic carbocycles. The largest absolute Gasteiger partial charge is 0.478 e. The zero-order chi connectivity index (χ0) is 12.6. The third-order valence-corrected chi connectivity index (χ3v) is 2.46. The summed E-state index contributed by atoms with van der Waals surface area (Å²) in [6, 6.07) is 4.00. The molecule has 1 aromatic heterocycles. The summed E-state index contributed by atoms with van der Waals surface area (Å²) in [5.74, 6) is -1.11. The summed E-state index contributed by atoms with van der Waals surface area (Å²) in [7, 11) is 1.43. The minimum absolute atomic E-state index is 0.0157. The topological polar surface area (TPSA) is 90.0 Å². The molecule has 0 fully saturated rings. The van der Waals surface area contributed by atoms with E-state index in [-0.39, 0.29) is 16.3 Å². The number of halogens is 1. The van der Waals surface area contributed by atoms with E-state index in [1.807, 2.05) is 0 Å². The molecule has 0 bridgehead atoms. The molecular weight excluding hydrogens is 248 g/mol. The van der Waals surface area contributed by atoms with Gasteiger partial charge in [-0.25, -0.2) is 9.59 Å². The predicted molar refractivity (Wildman–Crippen MR) is 58.6 cm³/mol. The van der Waals surface area contributed by atoms with Crippen molar-refractivity contribution in [2.45, 2.75) is 0 Å². The molecule has 2 aromatic rings. The van der Waals surface area contributed by atoms with E-state index in [0.717, 1.165) is 9.36 Å². The van der Waals surface area contributed by atoms with E-state index >= 15 is 0 Å². The number of carbonyl (C=O) groups is 1. The second-order valence-corrected chi connectivity index (χ2v) is 3.68. The average molecular weight is 255 g/mol. The first-order valence-corrected chi connectivity index (χ1v) is 4.90. The maximum atomic E-state index is 11.6. The fourth-order valence-corrected chi connectivity index (χ4v) is 1.47. The van der Waals surface area contributed by atoms with Crippen LogP contribution >= 0.6 is 11.6 Å². The van der Waals surface area contributed by atoms with Gasteiger partial charge in [-0.3, -0.25) is 0 Å². The number of aromatic nitrogens is 4. The summed E-state index contributed by atoms with van der Waals surface area (Å²) in [6.45, 7) is 0. The van der Waals surface area contributed by atoms with E-state index in [9.17, 15) is 9.59 Å². The lowest BCUT2D eigenvalue weighted by molar-refractivity contribution is 0.0697. The molecule has 17 heavy (non-hydrogen) atoms. The number of hydrogen-bond donors (Lipinski definition) is 1. The lowest BCUT2D eigenvalue weighted by Crippen LogP contribution is -2.22. The van der Waals surface area contributed by atoms with E-state index in [2.05, 4.69) is 10.4 Å². The average Bonchev–Trinajstić information content (AvgIpc) is 2.60. The van der Waals surface area contributed by atoms with Crippen molar-refractivity contribution < 1.29 is 9.90 Å². The highest BCUT2D eigenvalue weighted by Gasteiger charge is 2.13. The van der Waals surface area contributed by atoms with Crippen molar-refractivity contribution in [1.29, 1.82) is 0 Å². The fraction of sp³-hybridized carbons (Fsp3) is 0.111. The Morgan fingerprint density at radius 1 is 1.41 bits per heavy atom. The van der Waals surface area contributed by atoms with Crippen LogP contribution in [-0.4, -0.2) is 30.9 Å². The highest BCUT2D eigenvalue weighted by Crippen LogP contribution is 2.19. The number of carboxylic acid groups (broad SMARTS) is 1. The maximum Gasteiger partial charge on any atom is 0.368 e. The summed E-state index contributed by atoms with van der Waals surface area (Å²) in [5.41, 5.74) is -0.305. The van der Waals surface area contributed by atoms with Gasteiger partial charge in [0.15, 0.2) is 0 Å². The molecule has 2 rings (SSSR count). The van der Waals surface area contributed by atoms with E-state index in [1.165, 1.54) is 25.2 Å². The molecule has 0 spiro atoms. The third kappa shape index (κ3) is 1.92. The number of rotatable bonds is 2. The van der Waals surface area contributed by atoms with Gasteiger partial charge in [-0.1, -0.05) is 11.6 Å². The molecule has 88 valence electrons. The Hall–Kier alpha value is -2.15. The van der Waals surface area contributed by atoms with E-state index in [1.54, 1.807) is 0 Å². The molecule has 7 nitrogen and oxygen atoms in total. The van der Waals surface area contributed by atoms with Gasteiger partial charge in [-0.15, -0.1) is 0 Å². The van der Waals surface area contributed by atoms with Crippen LogP contribution in [-0.2, 0) is 7.05 Å². The minimum Gasteiger partial charge on any atom is -0.478 e. The van der Waals surface area contributed by atoms with E-state index in [4.69, 9.17) is 16.7 Å². The van der Waals surface area contributed by atoms with Crippen LogP contribution in [0.2, 0.25) is 5.02 Å². The quantitative estimate of drug-likeness (QED) is 0.833. The van der Waals surface area contributed by atoms with Crippen molar-refractivity contribution in [2.24, 2.45) is 7.05 Å². The number of benzene rings is 1. The SMILES string of the molecule is Cn1nnn(-c2cc(C(=O)O)ccc2Cl)c1=O. The van der Waals surface area contributed by atoms with Crippen LogP contribution in [0.1, 0.15) is 10.4 Å². The molecule has 0 amide bonds. The molecule has 0 aliphatic rings. The van der Waals surface area contributed by atoms with Gasteiger partial charge in [-0.2, -0.15) is 9.36 Å². The minimum atomic E-state index is -1.11. The number of tetrazole rings is 1. The number of aryl methyl sites for hydroxylation is 1. The van der Waals surface area contributed by atoms with Crippen molar-refractivity contribution >= 4 is 17.6 Å². The fourth-order valence-electron chi connectivity index (χ4n) is 1.27. The molecule has 1 heterocycles. The molecule has 0 atom stereocenters. The van der Waals surface area contributed by atoms with Crippen LogP contribution in [0.5, 0.6) is 0 Å². The van der Waals surface area contributed by atoms with Crippen LogP contribution in [0.4, 0.5) is 0 Å². The second kappa shape index (κ2) is 4.02. The lowest BCUT2D eigenvalue weighted by Gasteiger charge is -2.02. The Morgan fingerprint density at radius 2 is 2.12 bits per heavy atom. The molecule has 0 unspecified atom stereocenters. The number of aromatic carboxylic acids is 1. The standard InChI is InChI=1S/C9H7ClN4O3/c1-13-9(17)14(12-11-13)7-4-5(8(15)16)2-3-6(7)10/h2-4H,1H3,(H,15,16). The van der Waals surface area contributed by atoms with Crippen molar-refractivity contribution in [1.82, 2.24) is 19.8 Å². The van der Waals surface area contributed by atoms with Gasteiger partial charge in [0.2, 0.25) is 0 Å². The predicted octanol–water partition coefficient (Wildman–Crippen LogP) is 0.318. The van der Waals surface area contributed by atoms with Gasteiger partial charge in [0.05, 0.1) is 16.3 Å². The van der Waals surface area contributed by atoms with E-state index < -0.39 is 11.7 Å². The molecule has 0 saturated carbocycles. The van der Waals surface area contributed by atoms with E-state index in [0.29, 0.717) is 0 Å². The summed E-state index contributed by atoms with van der Waals surface area (Å²) in [6.07, 6.45) is 0. The first-order chi connectivity index (χ1) is 8.00. The first-order valence-electron chi connectivity index (χ1n) is 4.53. The summed E-state index contributed by atoms with van der Waals surface area (Å²) < 4.78 is 1.96. The van der Waals surface area contributed by atoms with Crippen LogP contribution in [0, 0.1) is 0 Å². The van der Waals surface area contributed by atoms with Gasteiger partial charge < -0.3 is 5.11 Å². The highest BCUT2D eigenvalue weighted by molar-refractivity contribution is 6.32. The van der Waals surface area contributed by atoms with Gasteiger partial charge >= 0.3 is 11.7 Å². The van der Waals surface area contributed by atoms with Crippen molar-refractivity contribution in [2.75, 3.05) is 0 Å². The molecule has 0 aliphatic heterocycles. The van der Waals surface area contributed by atoms with Crippen molar-refractivity contribution in [3.05, 3.63) is 39.3 Å². The molecule has 8 heteroatoms. The van der Waals surface area contributed by atoms with Crippen molar-refractivity contribution in [3.8, 4) is 5.69 Å². The van der Waals surface area contributed by atoms with Crippen molar-refractivity contribution in [3.63, 3.8) is 0 Å². The second-order valence-electron chi connectivity index (χ2n) is 3.27. The number of carboxylic acids is 1. The number of hydrogen-bond acceptors (Lipinski definition) is 4. The lowest BCUT2D eigenvalue weighted by atomic mass is 10.2. The highest BCUT2D eigenvalue weighted by atomic mass is 35.5. The van der Waals surface area contributed by atoms with Crippen LogP contribution in [0.3, 0.4) is 0 Å². The van der Waals surface area contributed by atoms with Crippen LogP contribution < -0.4 is 5.69 Å². The summed E-state index contributed by atoms with van der Waals surface area (Å²) in [4.78, 5) is 22.4. The molecule has 0 radical (unpaired) electrons. The Morgan fingerprint density at radius 3 is 2.65 bits per heavy atom. The zero-order valence-electron chi connectivity index (χ0n) is 8.66. The summed E-state index contributed by atoms with van der Waals surface area (Å²) >= 11 is 5.89. The van der Waals surface area contributed by atoms with Crippen LogP contribution in [0.15, 0.2) is 23.0 Å². The normalized spacial score (nSPS) is 10.5. The first kappa shape index (κ1) is 11.3. The molecular formula is C9H7ClN4O3. The third-order valence-electron chi connectivity index (χ3n) is 2.14. The summed E-state index contributed by atoms with van der Waals surface area (Å²) in [5, 5.41) is 16.2. The Bertz CT molecular complexity index is 646. The molecule has 1 aromatic carbocycles. The Kier molecular flexibility index (Phi) is 2.68. The van der Waals surface area contributed by atoms with Gasteiger partial charge in [0.1, 0.15) is 0 Å². The molecule has 1 N–H and O–H groups in total. The van der Waals surface area contributed by atoms with Crippen LogP contribution in [0.25, 0.3) is 5.69 Å².